The van der Waals surface area contributed by atoms with Crippen LogP contribution in [0.3, 0.4) is 0 Å². The zero-order valence-electron chi connectivity index (χ0n) is 22.7. The summed E-state index contributed by atoms with van der Waals surface area (Å²) in [6, 6.07) is 11.8. The Morgan fingerprint density at radius 2 is 1.79 bits per heavy atom. The Kier molecular flexibility index (Phi) is 11.5. The molecule has 0 unspecified atom stereocenters. The number of amides is 2. The van der Waals surface area contributed by atoms with Gasteiger partial charge in [-0.15, -0.1) is 0 Å². The van der Waals surface area contributed by atoms with Crippen molar-refractivity contribution in [2.75, 3.05) is 24.2 Å². The van der Waals surface area contributed by atoms with Crippen LogP contribution in [0.5, 0.6) is 5.75 Å². The maximum Gasteiger partial charge on any atom is 0.242 e. The van der Waals surface area contributed by atoms with Gasteiger partial charge in [-0.2, -0.15) is 0 Å². The lowest BCUT2D eigenvalue weighted by Crippen LogP contribution is -2.50. The third-order valence-corrected chi connectivity index (χ3v) is 8.98. The van der Waals surface area contributed by atoms with Gasteiger partial charge in [-0.25, -0.2) is 8.42 Å². The first-order chi connectivity index (χ1) is 18.5. The number of rotatable bonds is 12. The van der Waals surface area contributed by atoms with Gasteiger partial charge >= 0.3 is 0 Å². The molecule has 0 heterocycles. The number of carbonyl (C=O) groups excluding carboxylic acids is 2. The number of sulfonamides is 1. The Morgan fingerprint density at radius 1 is 1.13 bits per heavy atom. The van der Waals surface area contributed by atoms with Crippen LogP contribution in [0.4, 0.5) is 5.69 Å². The topological polar surface area (TPSA) is 96.0 Å². The van der Waals surface area contributed by atoms with E-state index in [0.29, 0.717) is 16.5 Å². The fourth-order valence-electron chi connectivity index (χ4n) is 4.75. The van der Waals surface area contributed by atoms with Crippen molar-refractivity contribution >= 4 is 55.1 Å². The van der Waals surface area contributed by atoms with Gasteiger partial charge in [0.2, 0.25) is 21.8 Å². The van der Waals surface area contributed by atoms with Crippen molar-refractivity contribution in [1.29, 1.82) is 0 Å². The molecule has 1 atom stereocenters. The van der Waals surface area contributed by atoms with Gasteiger partial charge in [-0.05, 0) is 62.1 Å². The van der Waals surface area contributed by atoms with Gasteiger partial charge in [-0.1, -0.05) is 58.9 Å². The molecular weight excluding hydrogens is 606 g/mol. The summed E-state index contributed by atoms with van der Waals surface area (Å²) in [7, 11) is -2.15. The van der Waals surface area contributed by atoms with E-state index in [9.17, 15) is 18.0 Å². The first kappa shape index (κ1) is 31.2. The van der Waals surface area contributed by atoms with Crippen LogP contribution in [0.25, 0.3) is 0 Å². The molecule has 3 rings (SSSR count). The molecule has 0 saturated heterocycles. The molecule has 1 fully saturated rings. The highest BCUT2D eigenvalue weighted by Gasteiger charge is 2.28. The van der Waals surface area contributed by atoms with E-state index < -0.39 is 16.1 Å². The molecule has 2 amide bonds. The second kappa shape index (κ2) is 14.4. The summed E-state index contributed by atoms with van der Waals surface area (Å²) in [6.45, 7) is 2.11. The zero-order valence-corrected chi connectivity index (χ0v) is 25.8. The Hall–Kier alpha value is -2.30. The molecule has 0 aromatic heterocycles. The first-order valence-corrected chi connectivity index (χ1v) is 16.2. The molecule has 0 radical (unpaired) electrons. The minimum absolute atomic E-state index is 0.0769. The molecule has 214 valence electrons. The highest BCUT2D eigenvalue weighted by atomic mass is 79.9. The summed E-state index contributed by atoms with van der Waals surface area (Å²) < 4.78 is 32.4. The average Bonchev–Trinajstić information content (AvgIpc) is 2.90. The summed E-state index contributed by atoms with van der Waals surface area (Å²) >= 11 is 9.65. The molecule has 1 N–H and O–H groups in total. The monoisotopic (exact) mass is 641 g/mol. The van der Waals surface area contributed by atoms with Crippen LogP contribution in [-0.4, -0.2) is 57.1 Å². The lowest BCUT2D eigenvalue weighted by atomic mass is 9.95. The van der Waals surface area contributed by atoms with Gasteiger partial charge in [0.05, 0.1) is 24.1 Å². The summed E-state index contributed by atoms with van der Waals surface area (Å²) in [6.07, 6.45) is 6.74. The summed E-state index contributed by atoms with van der Waals surface area (Å²) in [5, 5.41) is 3.42. The first-order valence-electron chi connectivity index (χ1n) is 13.1. The number of ether oxygens (including phenoxy) is 1. The summed E-state index contributed by atoms with van der Waals surface area (Å²) in [5.41, 5.74) is 1.29. The highest BCUT2D eigenvalue weighted by molar-refractivity contribution is 9.10. The smallest absolute Gasteiger partial charge is 0.242 e. The molecule has 11 heteroatoms. The molecule has 1 aliphatic rings. The van der Waals surface area contributed by atoms with E-state index in [4.69, 9.17) is 16.3 Å². The van der Waals surface area contributed by atoms with Crippen LogP contribution in [0.15, 0.2) is 46.9 Å². The predicted molar refractivity (Wildman–Crippen MR) is 159 cm³/mol. The summed E-state index contributed by atoms with van der Waals surface area (Å²) in [4.78, 5) is 28.2. The van der Waals surface area contributed by atoms with Gasteiger partial charge in [-0.3, -0.25) is 13.9 Å². The molecule has 0 bridgehead atoms. The second-order valence-electron chi connectivity index (χ2n) is 9.93. The fourth-order valence-corrected chi connectivity index (χ4v) is 6.23. The lowest BCUT2D eigenvalue weighted by Gasteiger charge is -2.31. The van der Waals surface area contributed by atoms with Gasteiger partial charge in [0.25, 0.3) is 0 Å². The number of carbonyl (C=O) groups is 2. The van der Waals surface area contributed by atoms with Gasteiger partial charge < -0.3 is 15.0 Å². The van der Waals surface area contributed by atoms with Gasteiger partial charge in [0.15, 0.2) is 0 Å². The number of anilines is 1. The number of methoxy groups -OCH3 is 1. The Morgan fingerprint density at radius 3 is 2.38 bits per heavy atom. The Labute approximate surface area is 245 Å². The standard InChI is InChI=1S/C28H37BrClN3O5S/c1-20(28(35)31-23-8-5-4-6-9-23)32(19-21-11-13-22(29)14-12-21)27(34)10-7-17-33(39(3,36)37)24-15-16-26(38-2)25(30)18-24/h11-16,18,20,23H,4-10,17,19H2,1-3H3,(H,31,35)/t20-/m1/s1. The van der Waals surface area contributed by atoms with E-state index in [0.717, 1.165) is 42.0 Å². The third kappa shape index (κ3) is 9.11. The van der Waals surface area contributed by atoms with E-state index in [-0.39, 0.29) is 43.8 Å². The lowest BCUT2D eigenvalue weighted by molar-refractivity contribution is -0.141. The van der Waals surface area contributed by atoms with Crippen molar-refractivity contribution in [1.82, 2.24) is 10.2 Å². The van der Waals surface area contributed by atoms with E-state index >= 15 is 0 Å². The highest BCUT2D eigenvalue weighted by Crippen LogP contribution is 2.30. The SMILES string of the molecule is COc1ccc(N(CCCC(=O)N(Cc2ccc(Br)cc2)[C@H](C)C(=O)NC2CCCCC2)S(C)(=O)=O)cc1Cl. The predicted octanol–water partition coefficient (Wildman–Crippen LogP) is 5.52. The van der Waals surface area contributed by atoms with Crippen LogP contribution in [-0.2, 0) is 26.2 Å². The molecule has 0 aliphatic heterocycles. The largest absolute Gasteiger partial charge is 0.495 e. The van der Waals surface area contributed by atoms with Gasteiger partial charge in [0, 0.05) is 30.0 Å². The number of hydrogen-bond donors (Lipinski definition) is 1. The van der Waals surface area contributed by atoms with Crippen LogP contribution < -0.4 is 14.4 Å². The molecule has 1 aliphatic carbocycles. The zero-order chi connectivity index (χ0) is 28.6. The van der Waals surface area contributed by atoms with Crippen LogP contribution in [0.1, 0.15) is 57.4 Å². The minimum atomic E-state index is -3.63. The molecule has 2 aromatic carbocycles. The van der Waals surface area contributed by atoms with E-state index in [1.165, 1.54) is 23.9 Å². The molecule has 2 aromatic rings. The van der Waals surface area contributed by atoms with Crippen molar-refractivity contribution < 1.29 is 22.7 Å². The van der Waals surface area contributed by atoms with Crippen molar-refractivity contribution in [2.24, 2.45) is 0 Å². The number of hydrogen-bond acceptors (Lipinski definition) is 5. The third-order valence-electron chi connectivity index (χ3n) is 6.96. The van der Waals surface area contributed by atoms with Crippen LogP contribution in [0, 0.1) is 0 Å². The molecule has 1 saturated carbocycles. The van der Waals surface area contributed by atoms with E-state index in [1.54, 1.807) is 24.0 Å². The quantitative estimate of drug-likeness (QED) is 0.329. The maximum atomic E-state index is 13.5. The van der Waals surface area contributed by atoms with Crippen molar-refractivity contribution in [2.45, 2.75) is 70.5 Å². The maximum absolute atomic E-state index is 13.5. The molecule has 39 heavy (non-hydrogen) atoms. The fraction of sp³-hybridized carbons (Fsp3) is 0.500. The minimum Gasteiger partial charge on any atom is -0.495 e. The number of nitrogens with zero attached hydrogens (tertiary/aromatic N) is 2. The normalized spacial score (nSPS) is 14.9. The average molecular weight is 643 g/mol. The summed E-state index contributed by atoms with van der Waals surface area (Å²) in [5.74, 6) is 0.0524. The Bertz CT molecular complexity index is 1240. The van der Waals surface area contributed by atoms with E-state index in [2.05, 4.69) is 21.2 Å². The number of nitrogens with one attached hydrogen (secondary N) is 1. The molecular formula is C28H37BrClN3O5S. The van der Waals surface area contributed by atoms with Gasteiger partial charge in [0.1, 0.15) is 11.8 Å². The number of halogens is 2. The van der Waals surface area contributed by atoms with E-state index in [1.807, 2.05) is 24.3 Å². The van der Waals surface area contributed by atoms with Crippen molar-refractivity contribution in [3.63, 3.8) is 0 Å². The van der Waals surface area contributed by atoms with Crippen molar-refractivity contribution in [3.05, 3.63) is 57.5 Å². The molecule has 0 spiro atoms. The number of benzene rings is 2. The molecule has 8 nitrogen and oxygen atoms in total. The van der Waals surface area contributed by atoms with Crippen LogP contribution in [0.2, 0.25) is 5.02 Å². The van der Waals surface area contributed by atoms with Crippen molar-refractivity contribution in [3.8, 4) is 5.75 Å². The second-order valence-corrected chi connectivity index (χ2v) is 13.2. The van der Waals surface area contributed by atoms with Crippen LogP contribution >= 0.6 is 27.5 Å². The Balaban J connectivity index is 1.72.